The Morgan fingerprint density at radius 1 is 1.33 bits per heavy atom. The van der Waals surface area contributed by atoms with Gasteiger partial charge in [-0.05, 0) is 47.5 Å². The van der Waals surface area contributed by atoms with Crippen molar-refractivity contribution in [3.05, 3.63) is 35.2 Å². The van der Waals surface area contributed by atoms with Gasteiger partial charge in [0.25, 0.3) is 0 Å². The zero-order valence-corrected chi connectivity index (χ0v) is 8.47. The standard InChI is InChI=1S/C10H9N5/c1-7-3-9(5-11)4-10(8(7)2)15-6-12-13-14-15/h3-4,6H,1-2H3. The van der Waals surface area contributed by atoms with Crippen LogP contribution in [0.15, 0.2) is 18.5 Å². The predicted octanol–water partition coefficient (Wildman–Crippen LogP) is 1.15. The van der Waals surface area contributed by atoms with Crippen molar-refractivity contribution in [3.8, 4) is 11.8 Å². The van der Waals surface area contributed by atoms with Crippen LogP contribution in [0.5, 0.6) is 0 Å². The highest BCUT2D eigenvalue weighted by atomic mass is 15.5. The summed E-state index contributed by atoms with van der Waals surface area (Å²) in [6.07, 6.45) is 1.52. The maximum atomic E-state index is 8.86. The number of tetrazole rings is 1. The first-order valence-corrected chi connectivity index (χ1v) is 4.47. The Labute approximate surface area is 87.0 Å². The minimum atomic E-state index is 0.614. The van der Waals surface area contributed by atoms with Gasteiger partial charge < -0.3 is 0 Å². The molecule has 2 aromatic rings. The van der Waals surface area contributed by atoms with Crippen molar-refractivity contribution in [2.75, 3.05) is 0 Å². The van der Waals surface area contributed by atoms with Gasteiger partial charge in [-0.25, -0.2) is 4.68 Å². The number of benzene rings is 1. The minimum absolute atomic E-state index is 0.614. The van der Waals surface area contributed by atoms with Gasteiger partial charge in [0.1, 0.15) is 6.33 Å². The van der Waals surface area contributed by atoms with E-state index in [1.165, 1.54) is 6.33 Å². The first kappa shape index (κ1) is 9.34. The summed E-state index contributed by atoms with van der Waals surface area (Å²) in [6, 6.07) is 5.74. The maximum absolute atomic E-state index is 8.86. The van der Waals surface area contributed by atoms with Crippen molar-refractivity contribution < 1.29 is 0 Å². The van der Waals surface area contributed by atoms with E-state index in [1.54, 1.807) is 10.7 Å². The van der Waals surface area contributed by atoms with Crippen LogP contribution in [0, 0.1) is 25.2 Å². The molecule has 0 saturated heterocycles. The quantitative estimate of drug-likeness (QED) is 0.691. The van der Waals surface area contributed by atoms with Crippen molar-refractivity contribution >= 4 is 0 Å². The second-order valence-electron chi connectivity index (χ2n) is 3.30. The van der Waals surface area contributed by atoms with Gasteiger partial charge in [0.15, 0.2) is 0 Å². The van der Waals surface area contributed by atoms with Crippen LogP contribution >= 0.6 is 0 Å². The number of rotatable bonds is 1. The van der Waals surface area contributed by atoms with Crippen LogP contribution in [0.4, 0.5) is 0 Å². The van der Waals surface area contributed by atoms with E-state index in [0.29, 0.717) is 5.56 Å². The van der Waals surface area contributed by atoms with E-state index in [-0.39, 0.29) is 0 Å². The molecule has 0 atom stereocenters. The van der Waals surface area contributed by atoms with Crippen LogP contribution in [-0.2, 0) is 0 Å². The third-order valence-corrected chi connectivity index (χ3v) is 2.36. The molecule has 0 bridgehead atoms. The van der Waals surface area contributed by atoms with Gasteiger partial charge >= 0.3 is 0 Å². The largest absolute Gasteiger partial charge is 0.200 e. The average molecular weight is 199 g/mol. The van der Waals surface area contributed by atoms with E-state index < -0.39 is 0 Å². The lowest BCUT2D eigenvalue weighted by Gasteiger charge is -2.07. The summed E-state index contributed by atoms with van der Waals surface area (Å²) in [5.41, 5.74) is 3.58. The minimum Gasteiger partial charge on any atom is -0.200 e. The van der Waals surface area contributed by atoms with Gasteiger partial charge in [0.05, 0.1) is 17.3 Å². The molecule has 2 rings (SSSR count). The van der Waals surface area contributed by atoms with Crippen molar-refractivity contribution in [2.24, 2.45) is 0 Å². The molecule has 0 radical (unpaired) electrons. The van der Waals surface area contributed by atoms with E-state index in [9.17, 15) is 0 Å². The summed E-state index contributed by atoms with van der Waals surface area (Å²) in [6.45, 7) is 3.94. The van der Waals surface area contributed by atoms with Crippen LogP contribution in [0.2, 0.25) is 0 Å². The van der Waals surface area contributed by atoms with Crippen LogP contribution in [0.25, 0.3) is 5.69 Å². The van der Waals surface area contributed by atoms with Gasteiger partial charge in [-0.2, -0.15) is 5.26 Å². The molecule has 0 N–H and O–H groups in total. The molecule has 0 aliphatic carbocycles. The second kappa shape index (κ2) is 3.50. The highest BCUT2D eigenvalue weighted by molar-refractivity contribution is 5.50. The fraction of sp³-hybridized carbons (Fsp3) is 0.200. The Hall–Kier alpha value is -2.22. The van der Waals surface area contributed by atoms with Gasteiger partial charge in [-0.15, -0.1) is 5.10 Å². The summed E-state index contributed by atoms with van der Waals surface area (Å²) in [4.78, 5) is 0. The van der Waals surface area contributed by atoms with E-state index in [2.05, 4.69) is 21.6 Å². The zero-order valence-electron chi connectivity index (χ0n) is 8.47. The van der Waals surface area contributed by atoms with Gasteiger partial charge in [-0.3, -0.25) is 0 Å². The molecule has 0 unspecified atom stereocenters. The van der Waals surface area contributed by atoms with Crippen molar-refractivity contribution in [1.82, 2.24) is 20.2 Å². The fourth-order valence-electron chi connectivity index (χ4n) is 1.41. The SMILES string of the molecule is Cc1cc(C#N)cc(-n2cnnn2)c1C. The Kier molecular flexibility index (Phi) is 2.18. The molecule has 74 valence electrons. The molecule has 0 spiro atoms. The molecular weight excluding hydrogens is 190 g/mol. The lowest BCUT2D eigenvalue weighted by Crippen LogP contribution is -2.00. The second-order valence-corrected chi connectivity index (χ2v) is 3.30. The van der Waals surface area contributed by atoms with E-state index in [0.717, 1.165) is 16.8 Å². The maximum Gasteiger partial charge on any atom is 0.143 e. The van der Waals surface area contributed by atoms with E-state index in [1.807, 2.05) is 19.9 Å². The third kappa shape index (κ3) is 1.57. The van der Waals surface area contributed by atoms with Gasteiger partial charge in [0, 0.05) is 0 Å². The highest BCUT2D eigenvalue weighted by Crippen LogP contribution is 2.18. The molecule has 1 aromatic carbocycles. The number of hydrogen-bond donors (Lipinski definition) is 0. The van der Waals surface area contributed by atoms with Crippen molar-refractivity contribution in [2.45, 2.75) is 13.8 Å². The molecule has 5 nitrogen and oxygen atoms in total. The first-order chi connectivity index (χ1) is 7.22. The van der Waals surface area contributed by atoms with E-state index in [4.69, 9.17) is 5.26 Å². The molecular formula is C10H9N5. The summed E-state index contributed by atoms with van der Waals surface area (Å²) in [5, 5.41) is 19.8. The molecule has 1 aromatic heterocycles. The highest BCUT2D eigenvalue weighted by Gasteiger charge is 2.07. The number of aromatic nitrogens is 4. The third-order valence-electron chi connectivity index (χ3n) is 2.36. The van der Waals surface area contributed by atoms with Gasteiger partial charge in [0.2, 0.25) is 0 Å². The number of aryl methyl sites for hydroxylation is 1. The number of nitrogens with zero attached hydrogens (tertiary/aromatic N) is 5. The monoisotopic (exact) mass is 199 g/mol. The number of hydrogen-bond acceptors (Lipinski definition) is 4. The summed E-state index contributed by atoms with van der Waals surface area (Å²) >= 11 is 0. The Balaban J connectivity index is 2.66. The molecule has 1 heterocycles. The smallest absolute Gasteiger partial charge is 0.143 e. The first-order valence-electron chi connectivity index (χ1n) is 4.47. The zero-order chi connectivity index (χ0) is 10.8. The van der Waals surface area contributed by atoms with Crippen LogP contribution in [0.3, 0.4) is 0 Å². The van der Waals surface area contributed by atoms with Crippen LogP contribution in [-0.4, -0.2) is 20.2 Å². The molecule has 0 aliphatic heterocycles. The summed E-state index contributed by atoms with van der Waals surface area (Å²) in [7, 11) is 0. The summed E-state index contributed by atoms with van der Waals surface area (Å²) in [5.74, 6) is 0. The van der Waals surface area contributed by atoms with Crippen LogP contribution < -0.4 is 0 Å². The molecule has 15 heavy (non-hydrogen) atoms. The Bertz CT molecular complexity index is 521. The predicted molar refractivity (Wildman–Crippen MR) is 53.3 cm³/mol. The summed E-state index contributed by atoms with van der Waals surface area (Å²) < 4.78 is 1.56. The molecule has 0 saturated carbocycles. The van der Waals surface area contributed by atoms with Gasteiger partial charge in [-0.1, -0.05) is 0 Å². The average Bonchev–Trinajstić information content (AvgIpc) is 2.75. The molecule has 5 heteroatoms. The lowest BCUT2D eigenvalue weighted by molar-refractivity contribution is 0.784. The van der Waals surface area contributed by atoms with Crippen molar-refractivity contribution in [3.63, 3.8) is 0 Å². The van der Waals surface area contributed by atoms with Crippen molar-refractivity contribution in [1.29, 1.82) is 5.26 Å². The lowest BCUT2D eigenvalue weighted by atomic mass is 10.0. The number of nitriles is 1. The van der Waals surface area contributed by atoms with E-state index >= 15 is 0 Å². The Morgan fingerprint density at radius 3 is 2.73 bits per heavy atom. The Morgan fingerprint density at radius 2 is 2.13 bits per heavy atom. The fourth-order valence-corrected chi connectivity index (χ4v) is 1.41. The van der Waals surface area contributed by atoms with Crippen LogP contribution in [0.1, 0.15) is 16.7 Å². The topological polar surface area (TPSA) is 67.4 Å². The molecule has 0 aliphatic rings. The molecule has 0 fully saturated rings. The molecule has 0 amide bonds. The normalized spacial score (nSPS) is 9.93.